The SMILES string of the molecule is C[NH+]1CCN(C(=O)c2ccc(OCC(=O)[O-])cc2)CC1. The molecule has 1 heterocycles. The highest BCUT2D eigenvalue weighted by atomic mass is 16.5. The van der Waals surface area contributed by atoms with Gasteiger partial charge in [0.1, 0.15) is 12.4 Å². The summed E-state index contributed by atoms with van der Waals surface area (Å²) in [5.74, 6) is -0.859. The summed E-state index contributed by atoms with van der Waals surface area (Å²) in [5.41, 5.74) is 0.588. The number of piperazine rings is 1. The minimum Gasteiger partial charge on any atom is -0.546 e. The molecule has 1 aromatic carbocycles. The van der Waals surface area contributed by atoms with Crippen molar-refractivity contribution in [3.63, 3.8) is 0 Å². The van der Waals surface area contributed by atoms with E-state index in [1.807, 2.05) is 4.90 Å². The number of likely N-dealkylation sites (N-methyl/N-ethyl adjacent to an activating group) is 1. The lowest BCUT2D eigenvalue weighted by atomic mass is 10.1. The molecule has 0 unspecified atom stereocenters. The van der Waals surface area contributed by atoms with Crippen LogP contribution in [0.5, 0.6) is 5.75 Å². The van der Waals surface area contributed by atoms with E-state index in [1.165, 1.54) is 4.90 Å². The second-order valence-electron chi connectivity index (χ2n) is 4.93. The molecule has 1 aromatic rings. The monoisotopic (exact) mass is 278 g/mol. The van der Waals surface area contributed by atoms with Gasteiger partial charge < -0.3 is 24.4 Å². The number of hydrogen-bond acceptors (Lipinski definition) is 4. The molecule has 1 aliphatic rings. The van der Waals surface area contributed by atoms with Crippen molar-refractivity contribution < 1.29 is 24.3 Å². The number of amides is 1. The number of nitrogens with one attached hydrogen (secondary N) is 1. The van der Waals surface area contributed by atoms with E-state index in [2.05, 4.69) is 7.05 Å². The molecule has 2 rings (SSSR count). The van der Waals surface area contributed by atoms with Crippen molar-refractivity contribution in [1.29, 1.82) is 0 Å². The minimum absolute atomic E-state index is 0.00366. The Morgan fingerprint density at radius 3 is 2.40 bits per heavy atom. The fourth-order valence-electron chi connectivity index (χ4n) is 2.11. The van der Waals surface area contributed by atoms with Crippen LogP contribution in [-0.2, 0) is 4.79 Å². The molecule has 0 atom stereocenters. The maximum atomic E-state index is 12.3. The van der Waals surface area contributed by atoms with Crippen LogP contribution in [0.15, 0.2) is 24.3 Å². The molecule has 6 heteroatoms. The van der Waals surface area contributed by atoms with E-state index in [9.17, 15) is 14.7 Å². The topological polar surface area (TPSA) is 74.1 Å². The van der Waals surface area contributed by atoms with Gasteiger partial charge in [-0.05, 0) is 24.3 Å². The molecule has 0 aromatic heterocycles. The Labute approximate surface area is 117 Å². The second-order valence-corrected chi connectivity index (χ2v) is 4.93. The maximum Gasteiger partial charge on any atom is 0.254 e. The number of quaternary nitrogens is 1. The third kappa shape index (κ3) is 3.71. The van der Waals surface area contributed by atoms with Crippen LogP contribution in [0.4, 0.5) is 0 Å². The third-order valence-electron chi connectivity index (χ3n) is 3.36. The molecule has 6 nitrogen and oxygen atoms in total. The van der Waals surface area contributed by atoms with Crippen molar-refractivity contribution in [3.8, 4) is 5.75 Å². The Morgan fingerprint density at radius 2 is 1.85 bits per heavy atom. The number of carboxylic acids is 1. The van der Waals surface area contributed by atoms with Crippen LogP contribution in [0.2, 0.25) is 0 Å². The lowest BCUT2D eigenvalue weighted by Crippen LogP contribution is -3.12. The molecule has 0 spiro atoms. The van der Waals surface area contributed by atoms with Gasteiger partial charge in [-0.3, -0.25) is 4.79 Å². The Balaban J connectivity index is 1.95. The zero-order chi connectivity index (χ0) is 14.5. The summed E-state index contributed by atoms with van der Waals surface area (Å²) in [6.07, 6.45) is 0. The Hall–Kier alpha value is -2.08. The predicted molar refractivity (Wildman–Crippen MR) is 69.5 cm³/mol. The number of carbonyl (C=O) groups excluding carboxylic acids is 2. The standard InChI is InChI=1S/C14H18N2O4/c1-15-6-8-16(9-7-15)14(19)11-2-4-12(5-3-11)20-10-13(17)18/h2-5H,6-10H2,1H3,(H,17,18). The average Bonchev–Trinajstić information content (AvgIpc) is 2.46. The number of carboxylic acid groups (broad SMARTS) is 1. The van der Waals surface area contributed by atoms with E-state index in [-0.39, 0.29) is 5.91 Å². The molecule has 0 bridgehead atoms. The largest absolute Gasteiger partial charge is 0.546 e. The van der Waals surface area contributed by atoms with Crippen molar-refractivity contribution in [2.75, 3.05) is 39.8 Å². The molecule has 1 N–H and O–H groups in total. The lowest BCUT2D eigenvalue weighted by molar-refractivity contribution is -0.883. The first-order valence-electron chi connectivity index (χ1n) is 6.59. The van der Waals surface area contributed by atoms with Gasteiger partial charge in [0.15, 0.2) is 0 Å². The Bertz CT molecular complexity index is 478. The average molecular weight is 278 g/mol. The number of hydrogen-bond donors (Lipinski definition) is 1. The van der Waals surface area contributed by atoms with E-state index in [1.54, 1.807) is 24.3 Å². The first-order valence-corrected chi connectivity index (χ1v) is 6.59. The Morgan fingerprint density at radius 1 is 1.25 bits per heavy atom. The van der Waals surface area contributed by atoms with Crippen LogP contribution in [0.25, 0.3) is 0 Å². The Kier molecular flexibility index (Phi) is 4.57. The molecule has 0 saturated carbocycles. The fourth-order valence-corrected chi connectivity index (χ4v) is 2.11. The predicted octanol–water partition coefficient (Wildman–Crippen LogP) is -2.21. The summed E-state index contributed by atoms with van der Waals surface area (Å²) in [4.78, 5) is 25.8. The molecule has 0 radical (unpaired) electrons. The highest BCUT2D eigenvalue weighted by molar-refractivity contribution is 5.94. The highest BCUT2D eigenvalue weighted by Gasteiger charge is 2.22. The second kappa shape index (κ2) is 6.38. The fraction of sp³-hybridized carbons (Fsp3) is 0.429. The maximum absolute atomic E-state index is 12.3. The third-order valence-corrected chi connectivity index (χ3v) is 3.36. The summed E-state index contributed by atoms with van der Waals surface area (Å²) in [7, 11) is 2.12. The van der Waals surface area contributed by atoms with E-state index in [0.29, 0.717) is 11.3 Å². The number of carbonyl (C=O) groups is 2. The van der Waals surface area contributed by atoms with Gasteiger partial charge in [-0.2, -0.15) is 0 Å². The van der Waals surface area contributed by atoms with E-state index < -0.39 is 12.6 Å². The zero-order valence-electron chi connectivity index (χ0n) is 11.4. The summed E-state index contributed by atoms with van der Waals surface area (Å²) in [6, 6.07) is 6.49. The molecule has 1 fully saturated rings. The van der Waals surface area contributed by atoms with Gasteiger partial charge in [0.05, 0.1) is 39.2 Å². The van der Waals surface area contributed by atoms with Crippen molar-refractivity contribution in [3.05, 3.63) is 29.8 Å². The molecule has 20 heavy (non-hydrogen) atoms. The summed E-state index contributed by atoms with van der Waals surface area (Å²) in [6.45, 7) is 2.94. The molecule has 1 saturated heterocycles. The zero-order valence-corrected chi connectivity index (χ0v) is 11.4. The van der Waals surface area contributed by atoms with Crippen LogP contribution >= 0.6 is 0 Å². The van der Waals surface area contributed by atoms with Gasteiger partial charge in [0, 0.05) is 5.56 Å². The van der Waals surface area contributed by atoms with Gasteiger partial charge >= 0.3 is 0 Å². The van der Waals surface area contributed by atoms with Crippen molar-refractivity contribution in [1.82, 2.24) is 4.90 Å². The van der Waals surface area contributed by atoms with Crippen LogP contribution in [0, 0.1) is 0 Å². The number of benzene rings is 1. The minimum atomic E-state index is -1.27. The van der Waals surface area contributed by atoms with Crippen LogP contribution in [0.1, 0.15) is 10.4 Å². The van der Waals surface area contributed by atoms with Crippen molar-refractivity contribution >= 4 is 11.9 Å². The van der Waals surface area contributed by atoms with Crippen molar-refractivity contribution in [2.24, 2.45) is 0 Å². The van der Waals surface area contributed by atoms with E-state index in [0.717, 1.165) is 26.2 Å². The molecule has 1 amide bonds. The molecule has 0 aliphatic carbocycles. The summed E-state index contributed by atoms with van der Waals surface area (Å²) < 4.78 is 4.97. The molecule has 108 valence electrons. The van der Waals surface area contributed by atoms with Crippen LogP contribution in [0.3, 0.4) is 0 Å². The van der Waals surface area contributed by atoms with Gasteiger partial charge in [0.2, 0.25) is 0 Å². The summed E-state index contributed by atoms with van der Waals surface area (Å²) >= 11 is 0. The first-order chi connectivity index (χ1) is 9.56. The summed E-state index contributed by atoms with van der Waals surface area (Å²) in [5, 5.41) is 10.3. The number of nitrogens with zero attached hydrogens (tertiary/aromatic N) is 1. The van der Waals surface area contributed by atoms with Gasteiger partial charge in [-0.25, -0.2) is 0 Å². The van der Waals surface area contributed by atoms with Crippen LogP contribution < -0.4 is 14.7 Å². The quantitative estimate of drug-likeness (QED) is 0.677. The highest BCUT2D eigenvalue weighted by Crippen LogP contribution is 2.13. The normalized spacial score (nSPS) is 15.9. The number of ether oxygens (including phenoxy) is 1. The lowest BCUT2D eigenvalue weighted by Gasteiger charge is -2.30. The van der Waals surface area contributed by atoms with Gasteiger partial charge in [-0.1, -0.05) is 0 Å². The van der Waals surface area contributed by atoms with Gasteiger partial charge in [0.25, 0.3) is 5.91 Å². The number of aliphatic carboxylic acids is 1. The number of rotatable bonds is 4. The van der Waals surface area contributed by atoms with Crippen LogP contribution in [-0.4, -0.2) is 56.6 Å². The van der Waals surface area contributed by atoms with E-state index in [4.69, 9.17) is 4.74 Å². The van der Waals surface area contributed by atoms with Crippen molar-refractivity contribution in [2.45, 2.75) is 0 Å². The van der Waals surface area contributed by atoms with Gasteiger partial charge in [-0.15, -0.1) is 0 Å². The molecule has 1 aliphatic heterocycles. The smallest absolute Gasteiger partial charge is 0.254 e. The first kappa shape index (κ1) is 14.3. The molecular formula is C14H18N2O4. The molecular weight excluding hydrogens is 260 g/mol. The van der Waals surface area contributed by atoms with E-state index >= 15 is 0 Å².